The largest absolute Gasteiger partial charge is 0.289 e. The number of hydrogen-bond acceptors (Lipinski definition) is 1. The number of rotatable bonds is 2. The van der Waals surface area contributed by atoms with Crippen molar-refractivity contribution >= 4 is 28.2 Å². The van der Waals surface area contributed by atoms with E-state index in [0.29, 0.717) is 26.9 Å². The predicted molar refractivity (Wildman–Crippen MR) is 83.5 cm³/mol. The van der Waals surface area contributed by atoms with Crippen molar-refractivity contribution < 1.29 is 9.18 Å². The van der Waals surface area contributed by atoms with Crippen LogP contribution in [0.1, 0.15) is 21.5 Å². The Morgan fingerprint density at radius 1 is 0.905 bits per heavy atom. The molecule has 3 aromatic rings. The molecule has 0 fully saturated rings. The molecule has 0 heterocycles. The molecule has 0 aliphatic carbocycles. The minimum absolute atomic E-state index is 0.147. The van der Waals surface area contributed by atoms with Crippen LogP contribution in [-0.4, -0.2) is 5.78 Å². The summed E-state index contributed by atoms with van der Waals surface area (Å²) in [4.78, 5) is 12.8. The van der Waals surface area contributed by atoms with E-state index >= 15 is 0 Å². The van der Waals surface area contributed by atoms with Crippen LogP contribution in [0.3, 0.4) is 0 Å². The summed E-state index contributed by atoms with van der Waals surface area (Å²) in [5.74, 6) is -0.476. The molecule has 3 heteroatoms. The maximum atomic E-state index is 13.8. The van der Waals surface area contributed by atoms with Crippen molar-refractivity contribution in [2.75, 3.05) is 0 Å². The second-order valence-corrected chi connectivity index (χ2v) is 5.29. The van der Waals surface area contributed by atoms with Gasteiger partial charge in [-0.3, -0.25) is 4.79 Å². The van der Waals surface area contributed by atoms with Crippen molar-refractivity contribution in [2.24, 2.45) is 0 Å². The average Bonchev–Trinajstić information content (AvgIpc) is 2.50. The van der Waals surface area contributed by atoms with Gasteiger partial charge < -0.3 is 0 Å². The van der Waals surface area contributed by atoms with Gasteiger partial charge in [0.25, 0.3) is 0 Å². The number of ketones is 1. The van der Waals surface area contributed by atoms with Gasteiger partial charge in [0.05, 0.1) is 0 Å². The van der Waals surface area contributed by atoms with E-state index in [1.165, 1.54) is 12.1 Å². The van der Waals surface area contributed by atoms with Gasteiger partial charge in [-0.1, -0.05) is 48.0 Å². The summed E-state index contributed by atoms with van der Waals surface area (Å²) >= 11 is 6.08. The number of fused-ring (bicyclic) bond motifs is 1. The molecule has 21 heavy (non-hydrogen) atoms. The molecule has 0 unspecified atom stereocenters. The van der Waals surface area contributed by atoms with E-state index < -0.39 is 0 Å². The lowest BCUT2D eigenvalue weighted by Gasteiger charge is -2.09. The second-order valence-electron chi connectivity index (χ2n) is 4.88. The molecular formula is C18H12ClFO. The average molecular weight is 299 g/mol. The van der Waals surface area contributed by atoms with Crippen molar-refractivity contribution in [3.05, 3.63) is 82.1 Å². The van der Waals surface area contributed by atoms with Gasteiger partial charge in [-0.05, 0) is 36.1 Å². The number of carbonyl (C=O) groups excluding carboxylic acids is 1. The SMILES string of the molecule is Cc1c(Cl)cccc1C(=O)c1ccc(F)c2ccccc12. The quantitative estimate of drug-likeness (QED) is 0.596. The van der Waals surface area contributed by atoms with E-state index in [4.69, 9.17) is 11.6 Å². The second kappa shape index (κ2) is 5.30. The third-order valence-corrected chi connectivity index (χ3v) is 4.04. The highest BCUT2D eigenvalue weighted by Gasteiger charge is 2.16. The van der Waals surface area contributed by atoms with Gasteiger partial charge in [0.2, 0.25) is 0 Å². The van der Waals surface area contributed by atoms with E-state index in [9.17, 15) is 9.18 Å². The van der Waals surface area contributed by atoms with Crippen LogP contribution < -0.4 is 0 Å². The Bertz CT molecular complexity index is 855. The minimum atomic E-state index is -0.329. The molecule has 0 aliphatic heterocycles. The molecule has 0 aliphatic rings. The Balaban J connectivity index is 2.23. The van der Waals surface area contributed by atoms with E-state index in [1.54, 1.807) is 49.4 Å². The molecule has 0 bridgehead atoms. The number of hydrogen-bond donors (Lipinski definition) is 0. The maximum absolute atomic E-state index is 13.8. The van der Waals surface area contributed by atoms with Crippen LogP contribution in [0, 0.1) is 12.7 Å². The summed E-state index contributed by atoms with van der Waals surface area (Å²) in [5, 5.41) is 1.61. The monoisotopic (exact) mass is 298 g/mol. The fourth-order valence-electron chi connectivity index (χ4n) is 2.46. The molecule has 0 radical (unpaired) electrons. The zero-order valence-electron chi connectivity index (χ0n) is 11.4. The lowest BCUT2D eigenvalue weighted by atomic mass is 9.94. The highest BCUT2D eigenvalue weighted by molar-refractivity contribution is 6.32. The van der Waals surface area contributed by atoms with Gasteiger partial charge in [0.15, 0.2) is 5.78 Å². The zero-order valence-corrected chi connectivity index (χ0v) is 12.1. The Hall–Kier alpha value is -2.19. The molecule has 0 aromatic heterocycles. The Kier molecular flexibility index (Phi) is 3.48. The van der Waals surface area contributed by atoms with Crippen molar-refractivity contribution in [1.82, 2.24) is 0 Å². The summed E-state index contributed by atoms with van der Waals surface area (Å²) in [7, 11) is 0. The van der Waals surface area contributed by atoms with E-state index in [2.05, 4.69) is 0 Å². The standard InChI is InChI=1S/C18H12ClFO/c1-11-12(7-4-8-16(11)19)18(21)15-9-10-17(20)14-6-3-2-5-13(14)15/h2-10H,1H3. The fraction of sp³-hybridized carbons (Fsp3) is 0.0556. The van der Waals surface area contributed by atoms with Crippen molar-refractivity contribution in [3.8, 4) is 0 Å². The van der Waals surface area contributed by atoms with Gasteiger partial charge in [-0.2, -0.15) is 0 Å². The third kappa shape index (κ3) is 2.32. The van der Waals surface area contributed by atoms with Crippen LogP contribution in [0.4, 0.5) is 4.39 Å². The molecule has 0 N–H and O–H groups in total. The van der Waals surface area contributed by atoms with E-state index in [1.807, 2.05) is 0 Å². The van der Waals surface area contributed by atoms with Gasteiger partial charge in [0.1, 0.15) is 5.82 Å². The van der Waals surface area contributed by atoms with Gasteiger partial charge >= 0.3 is 0 Å². The molecule has 0 atom stereocenters. The Morgan fingerprint density at radius 2 is 1.62 bits per heavy atom. The smallest absolute Gasteiger partial charge is 0.193 e. The minimum Gasteiger partial charge on any atom is -0.289 e. The van der Waals surface area contributed by atoms with E-state index in [0.717, 1.165) is 5.56 Å². The number of halogens is 2. The molecule has 0 amide bonds. The summed E-state index contributed by atoms with van der Waals surface area (Å²) in [6, 6.07) is 15.1. The number of benzene rings is 3. The lowest BCUT2D eigenvalue weighted by Crippen LogP contribution is -2.05. The van der Waals surface area contributed by atoms with Crippen LogP contribution in [0.25, 0.3) is 10.8 Å². The Morgan fingerprint density at radius 3 is 2.38 bits per heavy atom. The third-order valence-electron chi connectivity index (χ3n) is 3.63. The summed E-state index contributed by atoms with van der Waals surface area (Å²) in [5.41, 5.74) is 1.76. The molecule has 3 aromatic carbocycles. The topological polar surface area (TPSA) is 17.1 Å². The number of carbonyl (C=O) groups is 1. The molecule has 0 spiro atoms. The molecule has 0 saturated carbocycles. The van der Waals surface area contributed by atoms with Gasteiger partial charge in [-0.15, -0.1) is 0 Å². The maximum Gasteiger partial charge on any atom is 0.193 e. The summed E-state index contributed by atoms with van der Waals surface area (Å²) in [6.07, 6.45) is 0. The van der Waals surface area contributed by atoms with Crippen molar-refractivity contribution in [2.45, 2.75) is 6.92 Å². The van der Waals surface area contributed by atoms with Crippen LogP contribution >= 0.6 is 11.6 Å². The van der Waals surface area contributed by atoms with E-state index in [-0.39, 0.29) is 11.6 Å². The molecule has 104 valence electrons. The van der Waals surface area contributed by atoms with Crippen molar-refractivity contribution in [1.29, 1.82) is 0 Å². The first-order valence-corrected chi connectivity index (χ1v) is 6.94. The lowest BCUT2D eigenvalue weighted by molar-refractivity contribution is 0.103. The summed E-state index contributed by atoms with van der Waals surface area (Å²) in [6.45, 7) is 1.81. The van der Waals surface area contributed by atoms with Crippen LogP contribution in [0.2, 0.25) is 5.02 Å². The fourth-order valence-corrected chi connectivity index (χ4v) is 2.63. The van der Waals surface area contributed by atoms with Crippen LogP contribution in [0.5, 0.6) is 0 Å². The highest BCUT2D eigenvalue weighted by Crippen LogP contribution is 2.26. The molecule has 3 rings (SSSR count). The summed E-state index contributed by atoms with van der Waals surface area (Å²) < 4.78 is 13.8. The first-order valence-electron chi connectivity index (χ1n) is 6.56. The molecular weight excluding hydrogens is 287 g/mol. The van der Waals surface area contributed by atoms with Gasteiger partial charge in [0, 0.05) is 21.5 Å². The van der Waals surface area contributed by atoms with Gasteiger partial charge in [-0.25, -0.2) is 4.39 Å². The first kappa shape index (κ1) is 13.8. The van der Waals surface area contributed by atoms with Crippen LogP contribution in [-0.2, 0) is 0 Å². The normalized spacial score (nSPS) is 10.8. The molecule has 1 nitrogen and oxygen atoms in total. The zero-order chi connectivity index (χ0) is 15.0. The predicted octanol–water partition coefficient (Wildman–Crippen LogP) is 5.17. The first-order chi connectivity index (χ1) is 10.1. The van der Waals surface area contributed by atoms with Crippen molar-refractivity contribution in [3.63, 3.8) is 0 Å². The highest BCUT2D eigenvalue weighted by atomic mass is 35.5. The molecule has 0 saturated heterocycles. The Labute approximate surface area is 127 Å². The van der Waals surface area contributed by atoms with Crippen LogP contribution in [0.15, 0.2) is 54.6 Å².